The Morgan fingerprint density at radius 1 is 1.33 bits per heavy atom. The molecular weight excluding hydrogens is 167 g/mol. The molecule has 0 saturated carbocycles. The molecule has 1 unspecified atom stereocenters. The molecule has 0 fully saturated rings. The Morgan fingerprint density at radius 2 is 1.92 bits per heavy atom. The molecule has 0 aromatic rings. The summed E-state index contributed by atoms with van der Waals surface area (Å²) in [5, 5.41) is 0. The molecule has 72 valence electrons. The number of rotatable bonds is 4. The summed E-state index contributed by atoms with van der Waals surface area (Å²) in [4.78, 5) is 3.45. The Hall–Kier alpha value is -0.540. The highest BCUT2D eigenvalue weighted by Gasteiger charge is 2.23. The van der Waals surface area contributed by atoms with Crippen molar-refractivity contribution >= 4 is 6.21 Å². The predicted octanol–water partition coefficient (Wildman–Crippen LogP) is 3.20. The first-order valence-corrected chi connectivity index (χ1v) is 4.10. The minimum atomic E-state index is -4.26. The molecule has 12 heavy (non-hydrogen) atoms. The fraction of sp³-hybridized carbons (Fsp3) is 0.875. The fourth-order valence-electron chi connectivity index (χ4n) is 0.907. The lowest BCUT2D eigenvalue weighted by molar-refractivity contribution is -0.0539. The lowest BCUT2D eigenvalue weighted by atomic mass is 10.1. The number of hydrogen-bond acceptors (Lipinski definition) is 1. The minimum Gasteiger partial charge on any atom is -0.285 e. The van der Waals surface area contributed by atoms with Crippen LogP contribution in [-0.2, 0) is 0 Å². The van der Waals surface area contributed by atoms with Gasteiger partial charge in [-0.25, -0.2) is 0 Å². The van der Waals surface area contributed by atoms with Crippen LogP contribution in [0.3, 0.4) is 0 Å². The zero-order valence-electron chi connectivity index (χ0n) is 7.36. The summed E-state index contributed by atoms with van der Waals surface area (Å²) < 4.78 is 34.9. The lowest BCUT2D eigenvalue weighted by Crippen LogP contribution is -2.12. The van der Waals surface area contributed by atoms with Crippen molar-refractivity contribution in [2.75, 3.05) is 0 Å². The van der Waals surface area contributed by atoms with E-state index in [9.17, 15) is 13.2 Å². The summed E-state index contributed by atoms with van der Waals surface area (Å²) in [6.07, 6.45) is -1.91. The number of hydrogen-bond donors (Lipinski definition) is 0. The Kier molecular flexibility index (Phi) is 4.93. The second kappa shape index (κ2) is 5.17. The van der Waals surface area contributed by atoms with E-state index in [4.69, 9.17) is 0 Å². The summed E-state index contributed by atoms with van der Waals surface area (Å²) >= 11 is 0. The maximum absolute atomic E-state index is 11.6. The molecule has 0 aliphatic heterocycles. The first kappa shape index (κ1) is 11.5. The molecule has 0 heterocycles. The second-order valence-corrected chi connectivity index (χ2v) is 2.67. The zero-order valence-corrected chi connectivity index (χ0v) is 7.36. The van der Waals surface area contributed by atoms with Crippen LogP contribution in [0.4, 0.5) is 13.2 Å². The average Bonchev–Trinajstić information content (AvgIpc) is 1.96. The van der Waals surface area contributed by atoms with E-state index in [1.165, 1.54) is 0 Å². The van der Waals surface area contributed by atoms with Crippen LogP contribution in [-0.4, -0.2) is 18.4 Å². The molecule has 0 saturated heterocycles. The molecule has 0 aliphatic carbocycles. The molecule has 0 aromatic carbocycles. The fourth-order valence-corrected chi connectivity index (χ4v) is 0.907. The molecule has 0 rings (SSSR count). The molecule has 1 nitrogen and oxygen atoms in total. The van der Waals surface area contributed by atoms with Crippen molar-refractivity contribution < 1.29 is 13.2 Å². The van der Waals surface area contributed by atoms with E-state index in [1.807, 2.05) is 13.8 Å². The quantitative estimate of drug-likeness (QED) is 0.590. The number of alkyl halides is 3. The van der Waals surface area contributed by atoms with Crippen LogP contribution in [0.5, 0.6) is 0 Å². The lowest BCUT2D eigenvalue weighted by Gasteiger charge is -2.07. The van der Waals surface area contributed by atoms with E-state index in [-0.39, 0.29) is 12.3 Å². The smallest absolute Gasteiger partial charge is 0.285 e. The average molecular weight is 181 g/mol. The van der Waals surface area contributed by atoms with Crippen LogP contribution in [0, 0.1) is 0 Å². The molecule has 1 atom stereocenters. The first-order chi connectivity index (χ1) is 5.49. The van der Waals surface area contributed by atoms with Gasteiger partial charge in [0.25, 0.3) is 0 Å². The van der Waals surface area contributed by atoms with Crippen molar-refractivity contribution in [3.63, 3.8) is 0 Å². The van der Waals surface area contributed by atoms with Crippen molar-refractivity contribution in [3.8, 4) is 0 Å². The second-order valence-electron chi connectivity index (χ2n) is 2.67. The highest BCUT2D eigenvalue weighted by atomic mass is 19.4. The highest BCUT2D eigenvalue weighted by molar-refractivity contribution is 5.64. The molecule has 0 aromatic heterocycles. The van der Waals surface area contributed by atoms with Crippen molar-refractivity contribution in [1.29, 1.82) is 0 Å². The number of nitrogens with zero attached hydrogens (tertiary/aromatic N) is 1. The zero-order chi connectivity index (χ0) is 9.61. The van der Waals surface area contributed by atoms with Gasteiger partial charge in [0.1, 0.15) is 6.21 Å². The molecule has 4 heteroatoms. The van der Waals surface area contributed by atoms with Crippen molar-refractivity contribution in [2.45, 2.75) is 45.3 Å². The Labute approximate surface area is 70.7 Å². The summed E-state index contributed by atoms with van der Waals surface area (Å²) in [6, 6.07) is -0.170. The summed E-state index contributed by atoms with van der Waals surface area (Å²) in [5.41, 5.74) is 0. The van der Waals surface area contributed by atoms with Crippen LogP contribution in [0.2, 0.25) is 0 Å². The molecule has 0 spiro atoms. The third kappa shape index (κ3) is 6.19. The van der Waals surface area contributed by atoms with Gasteiger partial charge in [-0.3, -0.25) is 4.99 Å². The van der Waals surface area contributed by atoms with Crippen LogP contribution < -0.4 is 0 Å². The molecule has 0 amide bonds. The van der Waals surface area contributed by atoms with Gasteiger partial charge in [-0.2, -0.15) is 13.2 Å². The largest absolute Gasteiger partial charge is 0.426 e. The number of halogens is 3. The molecule has 0 radical (unpaired) electrons. The molecule has 0 bridgehead atoms. The van der Waals surface area contributed by atoms with Crippen molar-refractivity contribution in [2.24, 2.45) is 4.99 Å². The van der Waals surface area contributed by atoms with Gasteiger partial charge >= 0.3 is 6.18 Å². The van der Waals surface area contributed by atoms with Crippen LogP contribution in [0.15, 0.2) is 4.99 Å². The maximum atomic E-state index is 11.6. The summed E-state index contributed by atoms with van der Waals surface area (Å²) in [6.45, 7) is 3.78. The van der Waals surface area contributed by atoms with E-state index in [1.54, 1.807) is 0 Å². The van der Waals surface area contributed by atoms with Crippen molar-refractivity contribution in [3.05, 3.63) is 0 Å². The van der Waals surface area contributed by atoms with Gasteiger partial charge in [-0.15, -0.1) is 0 Å². The third-order valence-corrected chi connectivity index (χ3v) is 1.52. The molecular formula is C8H14F3N. The van der Waals surface area contributed by atoms with Crippen LogP contribution in [0.25, 0.3) is 0 Å². The normalized spacial score (nSPS) is 15.4. The van der Waals surface area contributed by atoms with Gasteiger partial charge in [0.2, 0.25) is 0 Å². The van der Waals surface area contributed by atoms with Gasteiger partial charge in [0.05, 0.1) is 0 Å². The van der Waals surface area contributed by atoms with E-state index in [0.717, 1.165) is 12.8 Å². The molecule has 0 aliphatic rings. The van der Waals surface area contributed by atoms with Gasteiger partial charge in [0.15, 0.2) is 0 Å². The van der Waals surface area contributed by atoms with E-state index >= 15 is 0 Å². The highest BCUT2D eigenvalue weighted by Crippen LogP contribution is 2.13. The Morgan fingerprint density at radius 3 is 2.25 bits per heavy atom. The molecule has 0 N–H and O–H groups in total. The summed E-state index contributed by atoms with van der Waals surface area (Å²) in [7, 11) is 0. The van der Waals surface area contributed by atoms with Gasteiger partial charge in [0, 0.05) is 6.04 Å². The summed E-state index contributed by atoms with van der Waals surface area (Å²) in [5.74, 6) is 0. The topological polar surface area (TPSA) is 12.4 Å². The standard InChI is InChI=1S/C8H14F3N/c1-3-5-7(4-2)12-6-8(9,10)11/h6-7H,3-5H2,1-2H3. The number of aliphatic imine (C=N–C) groups is 1. The van der Waals surface area contributed by atoms with Crippen molar-refractivity contribution in [1.82, 2.24) is 0 Å². The monoisotopic (exact) mass is 181 g/mol. The third-order valence-electron chi connectivity index (χ3n) is 1.52. The van der Waals surface area contributed by atoms with Gasteiger partial charge < -0.3 is 0 Å². The van der Waals surface area contributed by atoms with Crippen LogP contribution in [0.1, 0.15) is 33.1 Å². The van der Waals surface area contributed by atoms with E-state index in [2.05, 4.69) is 4.99 Å². The van der Waals surface area contributed by atoms with Gasteiger partial charge in [-0.05, 0) is 12.8 Å². The minimum absolute atomic E-state index is 0.0941. The maximum Gasteiger partial charge on any atom is 0.426 e. The Balaban J connectivity index is 3.92. The predicted molar refractivity (Wildman–Crippen MR) is 43.5 cm³/mol. The SMILES string of the molecule is CCCC(CC)N=CC(F)(F)F. The van der Waals surface area contributed by atoms with Crippen LogP contribution >= 0.6 is 0 Å². The Bertz CT molecular complexity index is 140. The van der Waals surface area contributed by atoms with E-state index < -0.39 is 6.18 Å². The van der Waals surface area contributed by atoms with E-state index in [0.29, 0.717) is 6.42 Å². The van der Waals surface area contributed by atoms with Gasteiger partial charge in [-0.1, -0.05) is 20.3 Å². The first-order valence-electron chi connectivity index (χ1n) is 4.10.